The van der Waals surface area contributed by atoms with Crippen molar-refractivity contribution in [2.75, 3.05) is 36.0 Å². The highest BCUT2D eigenvalue weighted by molar-refractivity contribution is 8.18. The predicted molar refractivity (Wildman–Crippen MR) is 115 cm³/mol. The highest BCUT2D eigenvalue weighted by atomic mass is 32.2. The fourth-order valence-corrected chi connectivity index (χ4v) is 4.23. The number of hydrogen-bond donors (Lipinski definition) is 1. The number of nitrogens with one attached hydrogen (secondary N) is 1. The van der Waals surface area contributed by atoms with Crippen molar-refractivity contribution in [3.8, 4) is 0 Å². The summed E-state index contributed by atoms with van der Waals surface area (Å²) in [5.41, 5.74) is 1.65. The second-order valence-corrected chi connectivity index (χ2v) is 7.86. The molecule has 0 spiro atoms. The summed E-state index contributed by atoms with van der Waals surface area (Å²) in [5, 5.41) is 2.83. The van der Waals surface area contributed by atoms with E-state index in [-0.39, 0.29) is 11.1 Å². The molecule has 0 aliphatic carbocycles. The molecule has 10 heteroatoms. The van der Waals surface area contributed by atoms with Crippen LogP contribution in [0.2, 0.25) is 0 Å². The van der Waals surface area contributed by atoms with E-state index in [0.717, 1.165) is 66.2 Å². The van der Waals surface area contributed by atoms with Gasteiger partial charge in [0, 0.05) is 44.0 Å². The van der Waals surface area contributed by atoms with Gasteiger partial charge in [-0.25, -0.2) is 19.9 Å². The smallest absolute Gasteiger partial charge is 0.290 e. The lowest BCUT2D eigenvalue weighted by molar-refractivity contribution is -0.115. The van der Waals surface area contributed by atoms with Gasteiger partial charge in [0.05, 0.1) is 10.4 Å². The Morgan fingerprint density at radius 1 is 0.967 bits per heavy atom. The third kappa shape index (κ3) is 3.57. The van der Waals surface area contributed by atoms with E-state index in [1.807, 2.05) is 24.3 Å². The molecule has 5 rings (SSSR count). The van der Waals surface area contributed by atoms with Crippen molar-refractivity contribution in [1.29, 1.82) is 0 Å². The molecule has 150 valence electrons. The van der Waals surface area contributed by atoms with Gasteiger partial charge in [0.1, 0.15) is 12.1 Å². The Morgan fingerprint density at radius 2 is 1.73 bits per heavy atom. The second kappa shape index (κ2) is 7.71. The molecule has 4 heterocycles. The zero-order valence-corrected chi connectivity index (χ0v) is 16.7. The largest absolute Gasteiger partial charge is 0.352 e. The second-order valence-electron chi connectivity index (χ2n) is 6.85. The topological polar surface area (TPSA) is 104 Å². The van der Waals surface area contributed by atoms with E-state index < -0.39 is 0 Å². The molecule has 2 aliphatic rings. The zero-order chi connectivity index (χ0) is 20.5. The van der Waals surface area contributed by atoms with Gasteiger partial charge in [-0.05, 0) is 41.6 Å². The summed E-state index contributed by atoms with van der Waals surface area (Å²) in [4.78, 5) is 45.6. The molecule has 2 fully saturated rings. The number of nitrogens with zero attached hydrogens (tertiary/aromatic N) is 6. The number of carbonyl (C=O) groups excluding carboxylic acids is 2. The third-order valence-electron chi connectivity index (χ3n) is 4.99. The van der Waals surface area contributed by atoms with Crippen LogP contribution in [0.4, 0.5) is 16.6 Å². The number of hydrogen-bond acceptors (Lipinski definition) is 9. The SMILES string of the molecule is O=C1NC(=O)C(=Cc2ccc3ncnc(N4CCN(c5ncccn5)CC4)c3c2)S1. The van der Waals surface area contributed by atoms with Crippen LogP contribution in [0.1, 0.15) is 5.56 Å². The summed E-state index contributed by atoms with van der Waals surface area (Å²) in [6.07, 6.45) is 6.78. The number of anilines is 2. The maximum absolute atomic E-state index is 11.8. The summed E-state index contributed by atoms with van der Waals surface area (Å²) in [6.45, 7) is 3.14. The third-order valence-corrected chi connectivity index (χ3v) is 5.80. The molecular weight excluding hydrogens is 402 g/mol. The Balaban J connectivity index is 1.42. The fraction of sp³-hybridized carbons (Fsp3) is 0.200. The van der Waals surface area contributed by atoms with Gasteiger partial charge in [-0.2, -0.15) is 0 Å². The number of amides is 2. The van der Waals surface area contributed by atoms with Crippen LogP contribution in [0.25, 0.3) is 17.0 Å². The Morgan fingerprint density at radius 3 is 2.47 bits per heavy atom. The van der Waals surface area contributed by atoms with E-state index in [9.17, 15) is 9.59 Å². The van der Waals surface area contributed by atoms with Crippen molar-refractivity contribution in [3.05, 3.63) is 53.5 Å². The number of thioether (sulfide) groups is 1. The average molecular weight is 419 g/mol. The number of imide groups is 1. The van der Waals surface area contributed by atoms with Crippen molar-refractivity contribution in [2.45, 2.75) is 0 Å². The van der Waals surface area contributed by atoms with E-state index in [4.69, 9.17) is 0 Å². The van der Waals surface area contributed by atoms with E-state index in [1.54, 1.807) is 24.8 Å². The van der Waals surface area contributed by atoms with Crippen LogP contribution >= 0.6 is 11.8 Å². The summed E-state index contributed by atoms with van der Waals surface area (Å²) >= 11 is 0.907. The van der Waals surface area contributed by atoms with E-state index >= 15 is 0 Å². The quantitative estimate of drug-likeness (QED) is 0.639. The van der Waals surface area contributed by atoms with Gasteiger partial charge in [0.25, 0.3) is 11.1 Å². The molecule has 2 aliphatic heterocycles. The molecule has 2 aromatic heterocycles. The van der Waals surface area contributed by atoms with Crippen LogP contribution in [0.3, 0.4) is 0 Å². The van der Waals surface area contributed by atoms with Gasteiger partial charge in [-0.1, -0.05) is 6.07 Å². The molecular formula is C20H17N7O2S. The molecule has 0 radical (unpaired) electrons. The van der Waals surface area contributed by atoms with Crippen molar-refractivity contribution in [3.63, 3.8) is 0 Å². The van der Waals surface area contributed by atoms with Crippen LogP contribution in [0.15, 0.2) is 47.9 Å². The minimum atomic E-state index is -0.367. The summed E-state index contributed by atoms with van der Waals surface area (Å²) in [5.74, 6) is 1.22. The highest BCUT2D eigenvalue weighted by Crippen LogP contribution is 2.29. The molecule has 0 atom stereocenters. The number of rotatable bonds is 3. The Bertz CT molecular complexity index is 1160. The van der Waals surface area contributed by atoms with Gasteiger partial charge >= 0.3 is 0 Å². The molecule has 1 aromatic carbocycles. The van der Waals surface area contributed by atoms with Crippen LogP contribution in [0, 0.1) is 0 Å². The molecule has 9 nitrogen and oxygen atoms in total. The first kappa shape index (κ1) is 18.5. The van der Waals surface area contributed by atoms with Crippen molar-refractivity contribution < 1.29 is 9.59 Å². The minimum Gasteiger partial charge on any atom is -0.352 e. The fourth-order valence-electron chi connectivity index (χ4n) is 3.55. The van der Waals surface area contributed by atoms with Crippen molar-refractivity contribution in [1.82, 2.24) is 25.3 Å². The van der Waals surface area contributed by atoms with Gasteiger partial charge < -0.3 is 9.80 Å². The lowest BCUT2D eigenvalue weighted by Crippen LogP contribution is -2.47. The molecule has 2 amide bonds. The average Bonchev–Trinajstić information content (AvgIpc) is 3.10. The lowest BCUT2D eigenvalue weighted by atomic mass is 10.1. The van der Waals surface area contributed by atoms with E-state index in [2.05, 4.69) is 35.1 Å². The van der Waals surface area contributed by atoms with Crippen LogP contribution in [-0.2, 0) is 4.79 Å². The maximum atomic E-state index is 11.8. The summed E-state index contributed by atoms with van der Waals surface area (Å²) in [7, 11) is 0. The Labute approximate surface area is 176 Å². The first-order chi connectivity index (χ1) is 14.7. The Hall–Kier alpha value is -3.53. The van der Waals surface area contributed by atoms with Crippen LogP contribution < -0.4 is 15.1 Å². The summed E-state index contributed by atoms with van der Waals surface area (Å²) < 4.78 is 0. The maximum Gasteiger partial charge on any atom is 0.290 e. The van der Waals surface area contributed by atoms with E-state index in [0.29, 0.717) is 4.91 Å². The minimum absolute atomic E-state index is 0.351. The van der Waals surface area contributed by atoms with E-state index in [1.165, 1.54) is 0 Å². The normalized spacial score (nSPS) is 18.3. The molecule has 1 N–H and O–H groups in total. The van der Waals surface area contributed by atoms with Crippen molar-refractivity contribution in [2.24, 2.45) is 0 Å². The number of fused-ring (bicyclic) bond motifs is 1. The van der Waals surface area contributed by atoms with Gasteiger partial charge in [0.15, 0.2) is 0 Å². The standard InChI is InChI=1S/C20H17N7O2S/c28-18-16(30-20(29)25-18)11-13-2-3-15-14(10-13)17(24-12-23-15)26-6-8-27(9-7-26)19-21-4-1-5-22-19/h1-5,10-12H,6-9H2,(H,25,28,29). The number of aromatic nitrogens is 4. The number of carbonyl (C=O) groups is 2. The lowest BCUT2D eigenvalue weighted by Gasteiger charge is -2.35. The monoisotopic (exact) mass is 419 g/mol. The number of piperazine rings is 1. The van der Waals surface area contributed by atoms with Crippen molar-refractivity contribution >= 4 is 51.7 Å². The molecule has 3 aromatic rings. The molecule has 0 saturated carbocycles. The molecule has 0 bridgehead atoms. The van der Waals surface area contributed by atoms with Gasteiger partial charge in [-0.3, -0.25) is 14.9 Å². The first-order valence-corrected chi connectivity index (χ1v) is 10.3. The van der Waals surface area contributed by atoms with Crippen LogP contribution in [-0.4, -0.2) is 57.3 Å². The molecule has 2 saturated heterocycles. The van der Waals surface area contributed by atoms with Crippen LogP contribution in [0.5, 0.6) is 0 Å². The summed E-state index contributed by atoms with van der Waals surface area (Å²) in [6, 6.07) is 7.55. The predicted octanol–water partition coefficient (Wildman–Crippen LogP) is 2.07. The molecule has 30 heavy (non-hydrogen) atoms. The Kier molecular flexibility index (Phi) is 4.75. The first-order valence-electron chi connectivity index (χ1n) is 9.44. The molecule has 0 unspecified atom stereocenters. The zero-order valence-electron chi connectivity index (χ0n) is 15.9. The number of benzene rings is 1. The highest BCUT2D eigenvalue weighted by Gasteiger charge is 2.25. The van der Waals surface area contributed by atoms with Gasteiger partial charge in [0.2, 0.25) is 5.95 Å². The van der Waals surface area contributed by atoms with Gasteiger partial charge in [-0.15, -0.1) is 0 Å².